The predicted octanol–water partition coefficient (Wildman–Crippen LogP) is 4.57. The fourth-order valence-electron chi connectivity index (χ4n) is 1.55. The lowest BCUT2D eigenvalue weighted by molar-refractivity contribution is 1.36. The van der Waals surface area contributed by atoms with Gasteiger partial charge in [-0.1, -0.05) is 47.5 Å². The summed E-state index contributed by atoms with van der Waals surface area (Å²) in [5.74, 6) is 0.744. The molecule has 5 heteroatoms. The Bertz CT molecular complexity index is 614. The first-order valence-electron chi connectivity index (χ1n) is 5.58. The van der Waals surface area contributed by atoms with Crippen molar-refractivity contribution < 1.29 is 0 Å². The van der Waals surface area contributed by atoms with E-state index in [9.17, 15) is 0 Å². The Kier molecular flexibility index (Phi) is 4.75. The van der Waals surface area contributed by atoms with Crippen molar-refractivity contribution in [2.75, 3.05) is 0 Å². The zero-order valence-corrected chi connectivity index (χ0v) is 12.3. The normalized spacial score (nSPS) is 10.4. The Morgan fingerprint density at radius 1 is 1.11 bits per heavy atom. The van der Waals surface area contributed by atoms with Crippen molar-refractivity contribution in [3.05, 3.63) is 63.6 Å². The highest BCUT2D eigenvalue weighted by molar-refractivity contribution is 7.98. The lowest BCUT2D eigenvalue weighted by atomic mass is 10.1. The lowest BCUT2D eigenvalue weighted by Crippen LogP contribution is -2.10. The molecular weight excluding hydrogens is 299 g/mol. The number of benzene rings is 2. The third-order valence-corrected chi connectivity index (χ3v) is 4.50. The number of rotatable bonds is 4. The summed E-state index contributed by atoms with van der Waals surface area (Å²) in [6.07, 6.45) is 0. The first-order valence-corrected chi connectivity index (χ1v) is 7.32. The zero-order chi connectivity index (χ0) is 13.8. The van der Waals surface area contributed by atoms with E-state index in [0.717, 1.165) is 21.2 Å². The Labute approximate surface area is 126 Å². The Morgan fingerprint density at radius 3 is 2.47 bits per heavy atom. The number of nitrogen functional groups attached to an aromatic ring is 1. The predicted molar refractivity (Wildman–Crippen MR) is 83.5 cm³/mol. The summed E-state index contributed by atoms with van der Waals surface area (Å²) in [4.78, 5) is 1.02. The van der Waals surface area contributed by atoms with Crippen LogP contribution in [0.1, 0.15) is 11.1 Å². The van der Waals surface area contributed by atoms with Crippen molar-refractivity contribution in [2.45, 2.75) is 10.6 Å². The fourth-order valence-corrected chi connectivity index (χ4v) is 3.12. The van der Waals surface area contributed by atoms with Crippen molar-refractivity contribution in [1.29, 1.82) is 5.41 Å². The third kappa shape index (κ3) is 3.66. The van der Waals surface area contributed by atoms with Gasteiger partial charge in [0, 0.05) is 21.2 Å². The molecular formula is C14H12Cl2N2S. The number of halogens is 2. The minimum atomic E-state index is 0.0206. The largest absolute Gasteiger partial charge is 0.384 e. The molecule has 0 fully saturated rings. The zero-order valence-electron chi connectivity index (χ0n) is 9.99. The lowest BCUT2D eigenvalue weighted by Gasteiger charge is -2.07. The Hall–Kier alpha value is -1.16. The molecule has 0 saturated carbocycles. The highest BCUT2D eigenvalue weighted by Gasteiger charge is 2.06. The van der Waals surface area contributed by atoms with Crippen LogP contribution < -0.4 is 5.73 Å². The number of amidine groups is 1. The van der Waals surface area contributed by atoms with Crippen molar-refractivity contribution in [3.8, 4) is 0 Å². The molecule has 0 unspecified atom stereocenters. The van der Waals surface area contributed by atoms with Gasteiger partial charge in [-0.3, -0.25) is 5.41 Å². The summed E-state index contributed by atoms with van der Waals surface area (Å²) in [5, 5.41) is 8.72. The van der Waals surface area contributed by atoms with E-state index in [0.29, 0.717) is 10.6 Å². The molecule has 2 rings (SSSR count). The minimum Gasteiger partial charge on any atom is -0.384 e. The number of thioether (sulfide) groups is 1. The minimum absolute atomic E-state index is 0.0206. The van der Waals surface area contributed by atoms with E-state index in [2.05, 4.69) is 0 Å². The number of hydrogen-bond acceptors (Lipinski definition) is 2. The quantitative estimate of drug-likeness (QED) is 0.494. The summed E-state index contributed by atoms with van der Waals surface area (Å²) in [6, 6.07) is 13.1. The summed E-state index contributed by atoms with van der Waals surface area (Å²) >= 11 is 13.9. The molecule has 2 aromatic carbocycles. The van der Waals surface area contributed by atoms with Crippen LogP contribution in [0.25, 0.3) is 0 Å². The smallest absolute Gasteiger partial charge is 0.122 e. The second-order valence-electron chi connectivity index (χ2n) is 3.94. The maximum Gasteiger partial charge on any atom is 0.122 e. The van der Waals surface area contributed by atoms with Crippen LogP contribution in [0.4, 0.5) is 0 Å². The van der Waals surface area contributed by atoms with Gasteiger partial charge in [0.2, 0.25) is 0 Å². The second kappa shape index (κ2) is 6.33. The highest BCUT2D eigenvalue weighted by atomic mass is 35.5. The van der Waals surface area contributed by atoms with Gasteiger partial charge in [0.1, 0.15) is 5.84 Å². The number of nitrogens with two attached hydrogens (primary N) is 1. The number of hydrogen-bond donors (Lipinski definition) is 2. The SMILES string of the molecule is N=C(N)c1ccc(CSc2ccccc2Cl)c(Cl)c1. The van der Waals surface area contributed by atoms with Crippen LogP contribution in [0.15, 0.2) is 47.4 Å². The second-order valence-corrected chi connectivity index (χ2v) is 5.77. The summed E-state index contributed by atoms with van der Waals surface area (Å²) in [6.45, 7) is 0. The van der Waals surface area contributed by atoms with Crippen molar-refractivity contribution in [2.24, 2.45) is 5.73 Å². The van der Waals surface area contributed by atoms with Gasteiger partial charge in [-0.25, -0.2) is 0 Å². The van der Waals surface area contributed by atoms with Crippen LogP contribution in [0.2, 0.25) is 10.0 Å². The van der Waals surface area contributed by atoms with E-state index in [1.54, 1.807) is 23.9 Å². The first kappa shape index (κ1) is 14.3. The van der Waals surface area contributed by atoms with E-state index in [1.165, 1.54) is 0 Å². The molecule has 98 valence electrons. The van der Waals surface area contributed by atoms with Crippen LogP contribution in [-0.2, 0) is 5.75 Å². The van der Waals surface area contributed by atoms with E-state index < -0.39 is 0 Å². The van der Waals surface area contributed by atoms with Crippen LogP contribution in [-0.4, -0.2) is 5.84 Å². The molecule has 0 amide bonds. The maximum atomic E-state index is 7.36. The highest BCUT2D eigenvalue weighted by Crippen LogP contribution is 2.31. The molecule has 0 aliphatic heterocycles. The van der Waals surface area contributed by atoms with Crippen molar-refractivity contribution >= 4 is 40.8 Å². The molecule has 0 heterocycles. The molecule has 2 aromatic rings. The standard InChI is InChI=1S/C14H12Cl2N2S/c15-11-3-1-2-4-13(11)19-8-10-6-5-9(14(17)18)7-12(10)16/h1-7H,8H2,(H3,17,18). The van der Waals surface area contributed by atoms with Crippen LogP contribution in [0, 0.1) is 5.41 Å². The van der Waals surface area contributed by atoms with Gasteiger partial charge in [0.15, 0.2) is 0 Å². The van der Waals surface area contributed by atoms with Crippen LogP contribution >= 0.6 is 35.0 Å². The van der Waals surface area contributed by atoms with E-state index in [-0.39, 0.29) is 5.84 Å². The summed E-state index contributed by atoms with van der Waals surface area (Å²) < 4.78 is 0. The number of nitrogens with one attached hydrogen (secondary N) is 1. The Morgan fingerprint density at radius 2 is 1.84 bits per heavy atom. The van der Waals surface area contributed by atoms with E-state index in [4.69, 9.17) is 34.3 Å². The van der Waals surface area contributed by atoms with Crippen molar-refractivity contribution in [1.82, 2.24) is 0 Å². The molecule has 0 bridgehead atoms. The molecule has 0 aliphatic rings. The average molecular weight is 311 g/mol. The van der Waals surface area contributed by atoms with Crippen molar-refractivity contribution in [3.63, 3.8) is 0 Å². The van der Waals surface area contributed by atoms with Gasteiger partial charge in [-0.15, -0.1) is 11.8 Å². The molecule has 0 aromatic heterocycles. The van der Waals surface area contributed by atoms with Gasteiger partial charge in [0.05, 0.1) is 5.02 Å². The van der Waals surface area contributed by atoms with Gasteiger partial charge >= 0.3 is 0 Å². The molecule has 2 nitrogen and oxygen atoms in total. The summed E-state index contributed by atoms with van der Waals surface area (Å²) in [7, 11) is 0. The molecule has 0 radical (unpaired) electrons. The van der Waals surface area contributed by atoms with E-state index in [1.807, 2.05) is 30.3 Å². The van der Waals surface area contributed by atoms with Crippen LogP contribution in [0.5, 0.6) is 0 Å². The average Bonchev–Trinajstić information content (AvgIpc) is 2.39. The third-order valence-electron chi connectivity index (χ3n) is 2.58. The van der Waals surface area contributed by atoms with Gasteiger partial charge in [-0.05, 0) is 23.8 Å². The molecule has 0 aliphatic carbocycles. The maximum absolute atomic E-state index is 7.36. The Balaban J connectivity index is 2.12. The van der Waals surface area contributed by atoms with Crippen LogP contribution in [0.3, 0.4) is 0 Å². The molecule has 19 heavy (non-hydrogen) atoms. The first-order chi connectivity index (χ1) is 9.08. The molecule has 0 atom stereocenters. The molecule has 0 saturated heterocycles. The van der Waals surface area contributed by atoms with Gasteiger partial charge in [0.25, 0.3) is 0 Å². The van der Waals surface area contributed by atoms with Gasteiger partial charge in [-0.2, -0.15) is 0 Å². The summed E-state index contributed by atoms with van der Waals surface area (Å²) in [5.41, 5.74) is 7.05. The van der Waals surface area contributed by atoms with Gasteiger partial charge < -0.3 is 5.73 Å². The molecule has 3 N–H and O–H groups in total. The van der Waals surface area contributed by atoms with E-state index >= 15 is 0 Å². The fraction of sp³-hybridized carbons (Fsp3) is 0.0714. The topological polar surface area (TPSA) is 49.9 Å². The monoisotopic (exact) mass is 310 g/mol. The molecule has 0 spiro atoms.